The highest BCUT2D eigenvalue weighted by Crippen LogP contribution is 2.42. The van der Waals surface area contributed by atoms with Crippen LogP contribution >= 0.6 is 27.7 Å². The Kier molecular flexibility index (Phi) is 3.78. The highest BCUT2D eigenvalue weighted by Gasteiger charge is 2.42. The first-order chi connectivity index (χ1) is 8.03. The Morgan fingerprint density at radius 1 is 1.59 bits per heavy atom. The predicted octanol–water partition coefficient (Wildman–Crippen LogP) is 3.48. The second-order valence-electron chi connectivity index (χ2n) is 4.16. The lowest BCUT2D eigenvalue weighted by Crippen LogP contribution is -2.34. The van der Waals surface area contributed by atoms with Crippen LogP contribution in [0.15, 0.2) is 22.7 Å². The van der Waals surface area contributed by atoms with Crippen molar-refractivity contribution in [1.82, 2.24) is 0 Å². The van der Waals surface area contributed by atoms with Crippen molar-refractivity contribution in [2.45, 2.75) is 24.0 Å². The average molecular weight is 319 g/mol. The van der Waals surface area contributed by atoms with Gasteiger partial charge in [0, 0.05) is 4.47 Å². The molecule has 1 atom stereocenters. The maximum absolute atomic E-state index is 13.0. The largest absolute Gasteiger partial charge is 0.480 e. The molecule has 1 aliphatic heterocycles. The Labute approximate surface area is 112 Å². The monoisotopic (exact) mass is 318 g/mol. The molecule has 1 aromatic carbocycles. The molecule has 0 spiro atoms. The van der Waals surface area contributed by atoms with Crippen molar-refractivity contribution in [2.24, 2.45) is 0 Å². The molecule has 0 aliphatic carbocycles. The van der Waals surface area contributed by atoms with Crippen LogP contribution in [-0.2, 0) is 11.2 Å². The fourth-order valence-electron chi connectivity index (χ4n) is 2.05. The van der Waals surface area contributed by atoms with Gasteiger partial charge < -0.3 is 5.11 Å². The van der Waals surface area contributed by atoms with Gasteiger partial charge in [0.05, 0.1) is 0 Å². The minimum atomic E-state index is -0.767. The van der Waals surface area contributed by atoms with Gasteiger partial charge in [-0.05, 0) is 42.7 Å². The standard InChI is InChI=1S/C12H12BrFO2S/c13-10-6-9(14)3-2-8(10)7-12(11(15)16)4-1-5-17-12/h2-3,6H,1,4-5,7H2,(H,15,16). The van der Waals surface area contributed by atoms with E-state index in [4.69, 9.17) is 0 Å². The van der Waals surface area contributed by atoms with E-state index in [0.717, 1.165) is 17.7 Å². The van der Waals surface area contributed by atoms with E-state index in [0.29, 0.717) is 17.3 Å². The number of carbonyl (C=O) groups is 1. The van der Waals surface area contributed by atoms with Crippen LogP contribution in [0.1, 0.15) is 18.4 Å². The minimum Gasteiger partial charge on any atom is -0.480 e. The van der Waals surface area contributed by atoms with Crippen molar-refractivity contribution < 1.29 is 14.3 Å². The molecule has 1 aliphatic rings. The van der Waals surface area contributed by atoms with E-state index in [1.807, 2.05) is 0 Å². The summed E-state index contributed by atoms with van der Waals surface area (Å²) < 4.78 is 12.9. The van der Waals surface area contributed by atoms with Gasteiger partial charge in [0.2, 0.25) is 0 Å². The fourth-order valence-corrected chi connectivity index (χ4v) is 3.89. The van der Waals surface area contributed by atoms with Gasteiger partial charge in [-0.15, -0.1) is 11.8 Å². The van der Waals surface area contributed by atoms with E-state index < -0.39 is 10.7 Å². The second kappa shape index (κ2) is 4.98. The van der Waals surface area contributed by atoms with Crippen molar-refractivity contribution in [3.63, 3.8) is 0 Å². The van der Waals surface area contributed by atoms with Crippen LogP contribution in [0.5, 0.6) is 0 Å². The van der Waals surface area contributed by atoms with E-state index in [9.17, 15) is 14.3 Å². The molecule has 2 nitrogen and oxygen atoms in total. The molecule has 1 aromatic rings. The maximum Gasteiger partial charge on any atom is 0.320 e. The molecule has 0 bridgehead atoms. The van der Waals surface area contributed by atoms with E-state index in [-0.39, 0.29) is 5.82 Å². The van der Waals surface area contributed by atoms with E-state index >= 15 is 0 Å². The Balaban J connectivity index is 2.26. The molecule has 1 N–H and O–H groups in total. The first-order valence-corrected chi connectivity index (χ1v) is 7.13. The van der Waals surface area contributed by atoms with Crippen molar-refractivity contribution >= 4 is 33.7 Å². The van der Waals surface area contributed by atoms with Crippen LogP contribution < -0.4 is 0 Å². The van der Waals surface area contributed by atoms with Crippen LogP contribution in [0, 0.1) is 5.82 Å². The third-order valence-electron chi connectivity index (χ3n) is 2.98. The zero-order chi connectivity index (χ0) is 12.5. The lowest BCUT2D eigenvalue weighted by Gasteiger charge is -2.23. The smallest absolute Gasteiger partial charge is 0.320 e. The number of rotatable bonds is 3. The van der Waals surface area contributed by atoms with Gasteiger partial charge in [-0.2, -0.15) is 0 Å². The lowest BCUT2D eigenvalue weighted by molar-refractivity contribution is -0.139. The SMILES string of the molecule is O=C(O)C1(Cc2ccc(F)cc2Br)CCCS1. The summed E-state index contributed by atoms with van der Waals surface area (Å²) in [5.41, 5.74) is 0.850. The summed E-state index contributed by atoms with van der Waals surface area (Å²) in [7, 11) is 0. The summed E-state index contributed by atoms with van der Waals surface area (Å²) in [6, 6.07) is 4.41. The van der Waals surface area contributed by atoms with Gasteiger partial charge in [0.25, 0.3) is 0 Å². The highest BCUT2D eigenvalue weighted by atomic mass is 79.9. The predicted molar refractivity (Wildman–Crippen MR) is 69.9 cm³/mol. The Morgan fingerprint density at radius 2 is 2.35 bits per heavy atom. The summed E-state index contributed by atoms with van der Waals surface area (Å²) in [5.74, 6) is -0.203. The zero-order valence-electron chi connectivity index (χ0n) is 9.08. The van der Waals surface area contributed by atoms with Gasteiger partial charge >= 0.3 is 5.97 Å². The Hall–Kier alpha value is -0.550. The summed E-state index contributed by atoms with van der Waals surface area (Å²) in [4.78, 5) is 11.4. The highest BCUT2D eigenvalue weighted by molar-refractivity contribution is 9.10. The Bertz CT molecular complexity index is 444. The lowest BCUT2D eigenvalue weighted by atomic mass is 9.94. The minimum absolute atomic E-state index is 0.316. The second-order valence-corrected chi connectivity index (χ2v) is 6.50. The molecular weight excluding hydrogens is 307 g/mol. The molecular formula is C12H12BrFO2S. The number of hydrogen-bond donors (Lipinski definition) is 1. The maximum atomic E-state index is 13.0. The van der Waals surface area contributed by atoms with Crippen LogP contribution in [0.3, 0.4) is 0 Å². The molecule has 1 heterocycles. The Morgan fingerprint density at radius 3 is 2.88 bits per heavy atom. The first kappa shape index (κ1) is 12.9. The third kappa shape index (κ3) is 2.65. The van der Waals surface area contributed by atoms with Crippen molar-refractivity contribution in [1.29, 1.82) is 0 Å². The van der Waals surface area contributed by atoms with Crippen molar-refractivity contribution in [2.75, 3.05) is 5.75 Å². The topological polar surface area (TPSA) is 37.3 Å². The number of aliphatic carboxylic acids is 1. The van der Waals surface area contributed by atoms with Gasteiger partial charge in [0.15, 0.2) is 0 Å². The number of thioether (sulfide) groups is 1. The number of benzene rings is 1. The number of hydrogen-bond acceptors (Lipinski definition) is 2. The summed E-state index contributed by atoms with van der Waals surface area (Å²) >= 11 is 4.78. The van der Waals surface area contributed by atoms with Crippen molar-refractivity contribution in [3.05, 3.63) is 34.1 Å². The fraction of sp³-hybridized carbons (Fsp3) is 0.417. The summed E-state index contributed by atoms with van der Waals surface area (Å²) in [6.07, 6.45) is 2.04. The van der Waals surface area contributed by atoms with E-state index in [2.05, 4.69) is 15.9 Å². The molecule has 0 aromatic heterocycles. The number of halogens is 2. The zero-order valence-corrected chi connectivity index (χ0v) is 11.5. The quantitative estimate of drug-likeness (QED) is 0.927. The number of carboxylic acid groups (broad SMARTS) is 1. The molecule has 0 saturated carbocycles. The van der Waals surface area contributed by atoms with Gasteiger partial charge in [-0.1, -0.05) is 22.0 Å². The molecule has 1 saturated heterocycles. The molecule has 0 amide bonds. The first-order valence-electron chi connectivity index (χ1n) is 5.35. The molecule has 0 radical (unpaired) electrons. The van der Waals surface area contributed by atoms with E-state index in [1.54, 1.807) is 6.07 Å². The molecule has 5 heteroatoms. The van der Waals surface area contributed by atoms with Crippen molar-refractivity contribution in [3.8, 4) is 0 Å². The summed E-state index contributed by atoms with van der Waals surface area (Å²) in [5, 5.41) is 9.36. The third-order valence-corrected chi connectivity index (χ3v) is 5.29. The normalized spacial score (nSPS) is 23.9. The van der Waals surface area contributed by atoms with Crippen LogP contribution in [-0.4, -0.2) is 21.6 Å². The van der Waals surface area contributed by atoms with Gasteiger partial charge in [0.1, 0.15) is 10.6 Å². The van der Waals surface area contributed by atoms with E-state index in [1.165, 1.54) is 23.9 Å². The molecule has 17 heavy (non-hydrogen) atoms. The summed E-state index contributed by atoms with van der Waals surface area (Å²) in [6.45, 7) is 0. The average Bonchev–Trinajstić information content (AvgIpc) is 2.72. The number of carboxylic acids is 1. The van der Waals surface area contributed by atoms with Crippen LogP contribution in [0.2, 0.25) is 0 Å². The molecule has 1 unspecified atom stereocenters. The van der Waals surface area contributed by atoms with Gasteiger partial charge in [-0.25, -0.2) is 4.39 Å². The molecule has 92 valence electrons. The van der Waals surface area contributed by atoms with Crippen LogP contribution in [0.4, 0.5) is 4.39 Å². The molecule has 1 fully saturated rings. The van der Waals surface area contributed by atoms with Gasteiger partial charge in [-0.3, -0.25) is 4.79 Å². The molecule has 2 rings (SSSR count). The van der Waals surface area contributed by atoms with Crippen LogP contribution in [0.25, 0.3) is 0 Å².